The average molecular weight is 336 g/mol. The van der Waals surface area contributed by atoms with E-state index in [0.717, 1.165) is 18.6 Å². The molecule has 106 valence electrons. The monoisotopic (exact) mass is 335 g/mol. The number of benzene rings is 1. The molecule has 0 amide bonds. The molecule has 1 aliphatic carbocycles. The third kappa shape index (κ3) is 3.79. The van der Waals surface area contributed by atoms with Crippen molar-refractivity contribution in [2.75, 3.05) is 0 Å². The summed E-state index contributed by atoms with van der Waals surface area (Å²) >= 11 is 3.33. The van der Waals surface area contributed by atoms with Crippen LogP contribution in [0.3, 0.4) is 0 Å². The van der Waals surface area contributed by atoms with E-state index in [2.05, 4.69) is 41.9 Å². The summed E-state index contributed by atoms with van der Waals surface area (Å²) in [7, 11) is 0. The molecule has 0 bridgehead atoms. The summed E-state index contributed by atoms with van der Waals surface area (Å²) in [5, 5.41) is 4.02. The van der Waals surface area contributed by atoms with Crippen LogP contribution in [-0.2, 0) is 4.84 Å². The van der Waals surface area contributed by atoms with Gasteiger partial charge in [0.15, 0.2) is 0 Å². The first-order valence-electron chi connectivity index (χ1n) is 6.57. The Labute approximate surface area is 127 Å². The van der Waals surface area contributed by atoms with Crippen molar-refractivity contribution < 1.29 is 9.63 Å². The smallest absolute Gasteiger partial charge is 0.312 e. The van der Waals surface area contributed by atoms with E-state index >= 15 is 0 Å². The minimum absolute atomic E-state index is 0.164. The largest absolute Gasteiger partial charge is 0.366 e. The van der Waals surface area contributed by atoms with E-state index in [0.29, 0.717) is 10.0 Å². The highest BCUT2D eigenvalue weighted by molar-refractivity contribution is 9.10. The summed E-state index contributed by atoms with van der Waals surface area (Å²) in [5.41, 5.74) is 2.72. The van der Waals surface area contributed by atoms with Gasteiger partial charge in [-0.1, -0.05) is 36.7 Å². The van der Waals surface area contributed by atoms with Crippen LogP contribution < -0.4 is 0 Å². The number of hydrogen-bond acceptors (Lipinski definition) is 3. The number of carbonyl (C=O) groups is 1. The first-order valence-corrected chi connectivity index (χ1v) is 7.37. The molecule has 1 aliphatic rings. The van der Waals surface area contributed by atoms with E-state index in [9.17, 15) is 4.79 Å². The van der Waals surface area contributed by atoms with Gasteiger partial charge >= 0.3 is 5.97 Å². The Balaban J connectivity index is 2.12. The highest BCUT2D eigenvalue weighted by Crippen LogP contribution is 2.33. The van der Waals surface area contributed by atoms with Crippen LogP contribution in [0.1, 0.15) is 44.0 Å². The normalized spacial score (nSPS) is 19.6. The topological polar surface area (TPSA) is 38.7 Å². The molecule has 0 N–H and O–H groups in total. The molecule has 3 nitrogen and oxygen atoms in total. The fourth-order valence-corrected chi connectivity index (χ4v) is 2.98. The second-order valence-electron chi connectivity index (χ2n) is 5.95. The lowest BCUT2D eigenvalue weighted by Crippen LogP contribution is -2.21. The number of allylic oxidation sites excluding steroid dienone is 2. The number of rotatable bonds is 2. The number of oxime groups is 1. The van der Waals surface area contributed by atoms with Crippen molar-refractivity contribution in [3.63, 3.8) is 0 Å². The molecule has 4 heteroatoms. The van der Waals surface area contributed by atoms with Gasteiger partial charge in [-0.2, -0.15) is 0 Å². The Kier molecular flexibility index (Phi) is 4.43. The van der Waals surface area contributed by atoms with Gasteiger partial charge in [-0.05, 0) is 59.3 Å². The number of nitrogens with zero attached hydrogens (tertiary/aromatic N) is 1. The van der Waals surface area contributed by atoms with Gasteiger partial charge in [-0.3, -0.25) is 0 Å². The SMILES string of the molecule is CC1=C/C(=N/OC(=O)c2ccccc2Br)CC(C)(C)C1. The van der Waals surface area contributed by atoms with E-state index in [1.807, 2.05) is 12.1 Å². The average Bonchev–Trinajstić information content (AvgIpc) is 2.34. The van der Waals surface area contributed by atoms with Crippen LogP contribution in [0.25, 0.3) is 0 Å². The molecule has 20 heavy (non-hydrogen) atoms. The van der Waals surface area contributed by atoms with Gasteiger partial charge in [0.2, 0.25) is 0 Å². The van der Waals surface area contributed by atoms with E-state index in [-0.39, 0.29) is 5.41 Å². The van der Waals surface area contributed by atoms with Gasteiger partial charge in [0.25, 0.3) is 0 Å². The Hall–Kier alpha value is -1.42. The number of carbonyl (C=O) groups excluding carboxylic acids is 1. The molecule has 0 unspecified atom stereocenters. The van der Waals surface area contributed by atoms with E-state index < -0.39 is 5.97 Å². The van der Waals surface area contributed by atoms with Gasteiger partial charge in [0.05, 0.1) is 11.3 Å². The Bertz CT molecular complexity index is 588. The molecule has 0 saturated heterocycles. The Morgan fingerprint density at radius 2 is 2.00 bits per heavy atom. The molecule has 1 aromatic carbocycles. The molecule has 0 radical (unpaired) electrons. The summed E-state index contributed by atoms with van der Waals surface area (Å²) in [6, 6.07) is 7.15. The minimum atomic E-state index is -0.445. The lowest BCUT2D eigenvalue weighted by molar-refractivity contribution is 0.0513. The molecule has 1 aromatic rings. The van der Waals surface area contributed by atoms with E-state index in [1.54, 1.807) is 18.2 Å². The maximum absolute atomic E-state index is 12.0. The summed E-state index contributed by atoms with van der Waals surface area (Å²) in [6.45, 7) is 6.45. The summed E-state index contributed by atoms with van der Waals surface area (Å²) in [6.07, 6.45) is 3.86. The van der Waals surface area contributed by atoms with Gasteiger partial charge in [0, 0.05) is 4.47 Å². The second-order valence-corrected chi connectivity index (χ2v) is 6.80. The van der Waals surface area contributed by atoms with Crippen LogP contribution in [0.4, 0.5) is 0 Å². The summed E-state index contributed by atoms with van der Waals surface area (Å²) in [4.78, 5) is 17.0. The standard InChI is InChI=1S/C16H18BrNO2/c1-11-8-12(10-16(2,3)9-11)18-20-15(19)13-6-4-5-7-14(13)17/h4-8H,9-10H2,1-3H3/b18-12-. The van der Waals surface area contributed by atoms with E-state index in [1.165, 1.54) is 5.57 Å². The van der Waals surface area contributed by atoms with Crippen LogP contribution in [-0.4, -0.2) is 11.7 Å². The third-order valence-corrected chi connectivity index (χ3v) is 3.86. The maximum Gasteiger partial charge on any atom is 0.366 e. The molecule has 2 rings (SSSR count). The number of halogens is 1. The minimum Gasteiger partial charge on any atom is -0.312 e. The van der Waals surface area contributed by atoms with Crippen LogP contribution in [0.2, 0.25) is 0 Å². The van der Waals surface area contributed by atoms with Crippen LogP contribution in [0.15, 0.2) is 45.5 Å². The van der Waals surface area contributed by atoms with Crippen LogP contribution >= 0.6 is 15.9 Å². The lowest BCUT2D eigenvalue weighted by Gasteiger charge is -2.28. The molecule has 0 aromatic heterocycles. The van der Waals surface area contributed by atoms with Gasteiger partial charge in [-0.15, -0.1) is 0 Å². The molecule has 0 aliphatic heterocycles. The first-order chi connectivity index (χ1) is 9.37. The molecule has 0 spiro atoms. The van der Waals surface area contributed by atoms with Crippen LogP contribution in [0.5, 0.6) is 0 Å². The quantitative estimate of drug-likeness (QED) is 0.579. The molecule has 0 fully saturated rings. The second kappa shape index (κ2) is 5.92. The summed E-state index contributed by atoms with van der Waals surface area (Å²) < 4.78 is 0.709. The molecular formula is C16H18BrNO2. The van der Waals surface area contributed by atoms with Crippen molar-refractivity contribution in [3.8, 4) is 0 Å². The van der Waals surface area contributed by atoms with Crippen molar-refractivity contribution in [1.29, 1.82) is 0 Å². The predicted molar refractivity (Wildman–Crippen MR) is 83.8 cm³/mol. The Morgan fingerprint density at radius 3 is 2.65 bits per heavy atom. The molecular weight excluding hydrogens is 318 g/mol. The zero-order valence-corrected chi connectivity index (χ0v) is 13.5. The van der Waals surface area contributed by atoms with Gasteiger partial charge in [0.1, 0.15) is 0 Å². The van der Waals surface area contributed by atoms with Crippen molar-refractivity contribution in [2.45, 2.75) is 33.6 Å². The zero-order valence-electron chi connectivity index (χ0n) is 11.9. The van der Waals surface area contributed by atoms with Crippen molar-refractivity contribution in [2.24, 2.45) is 10.6 Å². The van der Waals surface area contributed by atoms with Crippen molar-refractivity contribution in [1.82, 2.24) is 0 Å². The fraction of sp³-hybridized carbons (Fsp3) is 0.375. The third-order valence-electron chi connectivity index (χ3n) is 3.17. The van der Waals surface area contributed by atoms with Gasteiger partial charge in [-0.25, -0.2) is 4.79 Å². The first kappa shape index (κ1) is 15.0. The number of hydrogen-bond donors (Lipinski definition) is 0. The zero-order chi connectivity index (χ0) is 14.8. The van der Waals surface area contributed by atoms with Crippen molar-refractivity contribution >= 4 is 27.6 Å². The highest BCUT2D eigenvalue weighted by Gasteiger charge is 2.25. The Morgan fingerprint density at radius 1 is 1.30 bits per heavy atom. The van der Waals surface area contributed by atoms with Crippen molar-refractivity contribution in [3.05, 3.63) is 46.0 Å². The van der Waals surface area contributed by atoms with E-state index in [4.69, 9.17) is 4.84 Å². The highest BCUT2D eigenvalue weighted by atomic mass is 79.9. The predicted octanol–water partition coefficient (Wildman–Crippen LogP) is 4.73. The molecule has 0 atom stereocenters. The maximum atomic E-state index is 12.0. The molecule has 0 heterocycles. The molecule has 0 saturated carbocycles. The van der Waals surface area contributed by atoms with Crippen LogP contribution in [0, 0.1) is 5.41 Å². The lowest BCUT2D eigenvalue weighted by atomic mass is 9.77. The van der Waals surface area contributed by atoms with Gasteiger partial charge < -0.3 is 4.84 Å². The summed E-state index contributed by atoms with van der Waals surface area (Å²) in [5.74, 6) is -0.445. The fourth-order valence-electron chi connectivity index (χ4n) is 2.53.